The molecule has 0 bridgehead atoms. The summed E-state index contributed by atoms with van der Waals surface area (Å²) in [5, 5.41) is 8.62. The van der Waals surface area contributed by atoms with Crippen LogP contribution in [0.25, 0.3) is 0 Å². The van der Waals surface area contributed by atoms with Crippen LogP contribution in [-0.4, -0.2) is 43.3 Å². The lowest BCUT2D eigenvalue weighted by atomic mass is 10.2. The summed E-state index contributed by atoms with van der Waals surface area (Å²) in [5.41, 5.74) is 1.93. The van der Waals surface area contributed by atoms with E-state index in [9.17, 15) is 9.59 Å². The second-order valence-electron chi connectivity index (χ2n) is 4.05. The average molecular weight is 252 g/mol. The molecule has 0 aliphatic rings. The molecule has 0 unspecified atom stereocenters. The number of amides is 2. The Kier molecular flexibility index (Phi) is 4.14. The van der Waals surface area contributed by atoms with Crippen LogP contribution in [0.4, 0.5) is 15.3 Å². The van der Waals surface area contributed by atoms with Gasteiger partial charge in [-0.1, -0.05) is 0 Å². The van der Waals surface area contributed by atoms with Crippen molar-refractivity contribution >= 4 is 17.9 Å². The van der Waals surface area contributed by atoms with Gasteiger partial charge >= 0.3 is 12.2 Å². The molecule has 0 aliphatic carbocycles. The minimum atomic E-state index is -1.36. The summed E-state index contributed by atoms with van der Waals surface area (Å²) in [6.45, 7) is 1.88. The fraction of sp³-hybridized carbons (Fsp3) is 0.333. The van der Waals surface area contributed by atoms with Gasteiger partial charge in [0, 0.05) is 26.8 Å². The molecule has 6 nitrogen and oxygen atoms in total. The van der Waals surface area contributed by atoms with Crippen LogP contribution < -0.4 is 9.64 Å². The van der Waals surface area contributed by atoms with E-state index in [4.69, 9.17) is 9.84 Å². The SMILES string of the molecule is Cc1cc(OC(=O)N(C)C(=O)O)ccc1N(C)C. The van der Waals surface area contributed by atoms with Gasteiger partial charge < -0.3 is 14.7 Å². The first kappa shape index (κ1) is 13.8. The molecule has 0 radical (unpaired) electrons. The number of rotatable bonds is 2. The van der Waals surface area contributed by atoms with Gasteiger partial charge in [0.1, 0.15) is 5.75 Å². The Morgan fingerprint density at radius 3 is 2.28 bits per heavy atom. The third-order valence-corrected chi connectivity index (χ3v) is 2.42. The van der Waals surface area contributed by atoms with Crippen LogP contribution in [0, 0.1) is 6.92 Å². The number of benzene rings is 1. The highest BCUT2D eigenvalue weighted by Crippen LogP contribution is 2.23. The number of ether oxygens (including phenoxy) is 1. The summed E-state index contributed by atoms with van der Waals surface area (Å²) in [6, 6.07) is 5.11. The maximum Gasteiger partial charge on any atom is 0.424 e. The smallest absolute Gasteiger partial charge is 0.424 e. The molecule has 1 rings (SSSR count). The second-order valence-corrected chi connectivity index (χ2v) is 4.05. The molecular weight excluding hydrogens is 236 g/mol. The van der Waals surface area contributed by atoms with Crippen molar-refractivity contribution in [2.75, 3.05) is 26.0 Å². The zero-order valence-electron chi connectivity index (χ0n) is 10.8. The zero-order valence-corrected chi connectivity index (χ0v) is 10.8. The monoisotopic (exact) mass is 252 g/mol. The van der Waals surface area contributed by atoms with E-state index in [2.05, 4.69) is 0 Å². The molecule has 0 saturated carbocycles. The Morgan fingerprint density at radius 1 is 1.22 bits per heavy atom. The maximum absolute atomic E-state index is 11.4. The van der Waals surface area contributed by atoms with Gasteiger partial charge in [-0.15, -0.1) is 0 Å². The molecule has 6 heteroatoms. The van der Waals surface area contributed by atoms with Gasteiger partial charge in [-0.3, -0.25) is 0 Å². The standard InChI is InChI=1S/C12H16N2O4/c1-8-7-9(5-6-10(8)13(2)3)18-12(17)14(4)11(15)16/h5-7H,1-4H3,(H,15,16). The van der Waals surface area contributed by atoms with Gasteiger partial charge in [-0.25, -0.2) is 14.5 Å². The number of carboxylic acid groups (broad SMARTS) is 1. The number of carbonyl (C=O) groups excluding carboxylic acids is 1. The Morgan fingerprint density at radius 2 is 1.83 bits per heavy atom. The van der Waals surface area contributed by atoms with E-state index >= 15 is 0 Å². The number of imide groups is 1. The van der Waals surface area contributed by atoms with Gasteiger partial charge in [0.25, 0.3) is 0 Å². The summed E-state index contributed by atoms with van der Waals surface area (Å²) < 4.78 is 4.94. The maximum atomic E-state index is 11.4. The van der Waals surface area contributed by atoms with Crippen LogP contribution in [0.1, 0.15) is 5.56 Å². The quantitative estimate of drug-likeness (QED) is 0.873. The predicted molar refractivity (Wildman–Crippen MR) is 67.3 cm³/mol. The molecule has 0 fully saturated rings. The summed E-state index contributed by atoms with van der Waals surface area (Å²) >= 11 is 0. The molecule has 0 aliphatic heterocycles. The van der Waals surface area contributed by atoms with Crippen molar-refractivity contribution < 1.29 is 19.4 Å². The first-order valence-electron chi connectivity index (χ1n) is 5.29. The lowest BCUT2D eigenvalue weighted by molar-refractivity contribution is 0.136. The van der Waals surface area contributed by atoms with Crippen molar-refractivity contribution in [3.8, 4) is 5.75 Å². The van der Waals surface area contributed by atoms with E-state index in [1.54, 1.807) is 18.2 Å². The molecule has 0 atom stereocenters. The van der Waals surface area contributed by atoms with Crippen LogP contribution in [0.2, 0.25) is 0 Å². The van der Waals surface area contributed by atoms with Crippen LogP contribution >= 0.6 is 0 Å². The number of aryl methyl sites for hydroxylation is 1. The molecule has 1 N–H and O–H groups in total. The van der Waals surface area contributed by atoms with Crippen LogP contribution in [0.15, 0.2) is 18.2 Å². The van der Waals surface area contributed by atoms with Crippen molar-refractivity contribution in [3.05, 3.63) is 23.8 Å². The van der Waals surface area contributed by atoms with Gasteiger partial charge in [0.2, 0.25) is 0 Å². The molecule has 0 spiro atoms. The molecule has 0 heterocycles. The number of nitrogens with zero attached hydrogens (tertiary/aromatic N) is 2. The van der Waals surface area contributed by atoms with Crippen LogP contribution in [-0.2, 0) is 0 Å². The Hall–Kier alpha value is -2.24. The van der Waals surface area contributed by atoms with Crippen molar-refractivity contribution in [1.82, 2.24) is 4.90 Å². The molecule has 98 valence electrons. The molecule has 0 aromatic heterocycles. The normalized spacial score (nSPS) is 9.78. The summed E-state index contributed by atoms with van der Waals surface area (Å²) in [7, 11) is 4.95. The number of carbonyl (C=O) groups is 2. The second kappa shape index (κ2) is 5.39. The fourth-order valence-corrected chi connectivity index (χ4v) is 1.44. The van der Waals surface area contributed by atoms with Crippen molar-refractivity contribution in [2.45, 2.75) is 6.92 Å². The van der Waals surface area contributed by atoms with Crippen molar-refractivity contribution in [1.29, 1.82) is 0 Å². The van der Waals surface area contributed by atoms with E-state index in [-0.39, 0.29) is 0 Å². The number of hydrogen-bond acceptors (Lipinski definition) is 4. The first-order valence-corrected chi connectivity index (χ1v) is 5.29. The Balaban J connectivity index is 2.84. The first-order chi connectivity index (χ1) is 8.32. The largest absolute Gasteiger partial charge is 0.465 e. The van der Waals surface area contributed by atoms with Crippen molar-refractivity contribution in [2.24, 2.45) is 0 Å². The van der Waals surface area contributed by atoms with E-state index in [1.165, 1.54) is 0 Å². The number of anilines is 1. The lowest BCUT2D eigenvalue weighted by Crippen LogP contribution is -2.34. The molecular formula is C12H16N2O4. The topological polar surface area (TPSA) is 70.1 Å². The molecule has 1 aromatic rings. The van der Waals surface area contributed by atoms with E-state index in [0.29, 0.717) is 10.6 Å². The Labute approximate surface area is 105 Å². The molecule has 2 amide bonds. The lowest BCUT2D eigenvalue weighted by Gasteiger charge is -2.17. The van der Waals surface area contributed by atoms with Crippen LogP contribution in [0.3, 0.4) is 0 Å². The van der Waals surface area contributed by atoms with E-state index < -0.39 is 12.2 Å². The van der Waals surface area contributed by atoms with Gasteiger partial charge in [0.15, 0.2) is 0 Å². The Bertz CT molecular complexity index is 471. The molecule has 18 heavy (non-hydrogen) atoms. The average Bonchev–Trinajstić information content (AvgIpc) is 2.27. The third-order valence-electron chi connectivity index (χ3n) is 2.42. The minimum absolute atomic E-state index is 0.316. The molecule has 1 aromatic carbocycles. The van der Waals surface area contributed by atoms with Gasteiger partial charge in [-0.2, -0.15) is 0 Å². The number of hydrogen-bond donors (Lipinski definition) is 1. The highest BCUT2D eigenvalue weighted by Gasteiger charge is 2.17. The highest BCUT2D eigenvalue weighted by molar-refractivity contribution is 5.87. The van der Waals surface area contributed by atoms with Crippen molar-refractivity contribution in [3.63, 3.8) is 0 Å². The van der Waals surface area contributed by atoms with E-state index in [0.717, 1.165) is 18.3 Å². The fourth-order valence-electron chi connectivity index (χ4n) is 1.44. The van der Waals surface area contributed by atoms with E-state index in [1.807, 2.05) is 25.9 Å². The highest BCUT2D eigenvalue weighted by atomic mass is 16.6. The third kappa shape index (κ3) is 3.13. The summed E-state index contributed by atoms with van der Waals surface area (Å²) in [5.74, 6) is 0.316. The zero-order chi connectivity index (χ0) is 13.9. The van der Waals surface area contributed by atoms with Crippen LogP contribution in [0.5, 0.6) is 5.75 Å². The molecule has 0 saturated heterocycles. The minimum Gasteiger partial charge on any atom is -0.465 e. The summed E-state index contributed by atoms with van der Waals surface area (Å²) in [6.07, 6.45) is -2.29. The summed E-state index contributed by atoms with van der Waals surface area (Å²) in [4.78, 5) is 24.4. The predicted octanol–water partition coefficient (Wildman–Crippen LogP) is 2.17. The van der Waals surface area contributed by atoms with Gasteiger partial charge in [-0.05, 0) is 30.7 Å². The van der Waals surface area contributed by atoms with Gasteiger partial charge in [0.05, 0.1) is 0 Å².